The van der Waals surface area contributed by atoms with Crippen LogP contribution in [-0.4, -0.2) is 37.7 Å². The van der Waals surface area contributed by atoms with Crippen LogP contribution in [0.3, 0.4) is 0 Å². The van der Waals surface area contributed by atoms with Gasteiger partial charge in [-0.15, -0.1) is 0 Å². The minimum atomic E-state index is -0.00900. The van der Waals surface area contributed by atoms with E-state index in [1.807, 2.05) is 0 Å². The third-order valence-corrected chi connectivity index (χ3v) is 3.43. The standard InChI is InChI=1S/C11H20N2O2/c1-11(3-5-12-6-4-11)13-10(14)9-2-7-15-8-9/h9,12H,2-8H2,1H3,(H,13,14). The van der Waals surface area contributed by atoms with E-state index < -0.39 is 0 Å². The normalized spacial score (nSPS) is 30.1. The van der Waals surface area contributed by atoms with Gasteiger partial charge in [-0.1, -0.05) is 0 Å². The summed E-state index contributed by atoms with van der Waals surface area (Å²) >= 11 is 0. The predicted octanol–water partition coefficient (Wildman–Crippen LogP) is 0.281. The number of hydrogen-bond acceptors (Lipinski definition) is 3. The van der Waals surface area contributed by atoms with Gasteiger partial charge in [0, 0.05) is 12.1 Å². The summed E-state index contributed by atoms with van der Waals surface area (Å²) in [5.41, 5.74) is -0.00900. The minimum absolute atomic E-state index is 0.00900. The average molecular weight is 212 g/mol. The molecule has 0 aromatic rings. The molecule has 2 heterocycles. The molecular formula is C11H20N2O2. The Morgan fingerprint density at radius 1 is 1.47 bits per heavy atom. The molecule has 2 rings (SSSR count). The Morgan fingerprint density at radius 3 is 2.80 bits per heavy atom. The summed E-state index contributed by atoms with van der Waals surface area (Å²) in [5.74, 6) is 0.258. The van der Waals surface area contributed by atoms with Crippen molar-refractivity contribution in [2.24, 2.45) is 5.92 Å². The number of ether oxygens (including phenoxy) is 1. The third kappa shape index (κ3) is 2.69. The molecule has 0 spiro atoms. The van der Waals surface area contributed by atoms with Gasteiger partial charge in [-0.25, -0.2) is 0 Å². The maximum atomic E-state index is 11.9. The first-order valence-electron chi connectivity index (χ1n) is 5.80. The molecule has 0 aromatic heterocycles. The Hall–Kier alpha value is -0.610. The Kier molecular flexibility index (Phi) is 3.26. The van der Waals surface area contributed by atoms with Crippen molar-refractivity contribution in [1.29, 1.82) is 0 Å². The highest BCUT2D eigenvalue weighted by Crippen LogP contribution is 2.20. The molecule has 2 fully saturated rings. The summed E-state index contributed by atoms with van der Waals surface area (Å²) in [7, 11) is 0. The van der Waals surface area contributed by atoms with Crippen LogP contribution in [0.15, 0.2) is 0 Å². The van der Waals surface area contributed by atoms with Gasteiger partial charge in [0.1, 0.15) is 0 Å². The summed E-state index contributed by atoms with van der Waals surface area (Å²) in [6.07, 6.45) is 2.92. The first-order chi connectivity index (χ1) is 7.20. The fourth-order valence-electron chi connectivity index (χ4n) is 2.24. The topological polar surface area (TPSA) is 50.4 Å². The van der Waals surface area contributed by atoms with Crippen LogP contribution in [0, 0.1) is 5.92 Å². The maximum absolute atomic E-state index is 11.9. The minimum Gasteiger partial charge on any atom is -0.381 e. The molecule has 86 valence electrons. The van der Waals surface area contributed by atoms with Crippen LogP contribution in [0.4, 0.5) is 0 Å². The monoisotopic (exact) mass is 212 g/mol. The molecule has 0 radical (unpaired) electrons. The molecule has 1 amide bonds. The van der Waals surface area contributed by atoms with E-state index in [1.165, 1.54) is 0 Å². The Morgan fingerprint density at radius 2 is 2.20 bits per heavy atom. The highest BCUT2D eigenvalue weighted by atomic mass is 16.5. The SMILES string of the molecule is CC1(NC(=O)C2CCOC2)CCNCC1. The van der Waals surface area contributed by atoms with Gasteiger partial charge >= 0.3 is 0 Å². The van der Waals surface area contributed by atoms with E-state index in [0.717, 1.165) is 39.0 Å². The van der Waals surface area contributed by atoms with Crippen molar-refractivity contribution >= 4 is 5.91 Å². The van der Waals surface area contributed by atoms with Crippen molar-refractivity contribution in [3.8, 4) is 0 Å². The highest BCUT2D eigenvalue weighted by molar-refractivity contribution is 5.79. The van der Waals surface area contributed by atoms with Crippen LogP contribution in [0.25, 0.3) is 0 Å². The van der Waals surface area contributed by atoms with Crippen molar-refractivity contribution in [1.82, 2.24) is 10.6 Å². The largest absolute Gasteiger partial charge is 0.381 e. The molecule has 1 atom stereocenters. The summed E-state index contributed by atoms with van der Waals surface area (Å²) in [5, 5.41) is 6.48. The number of rotatable bonds is 2. The van der Waals surface area contributed by atoms with E-state index in [2.05, 4.69) is 17.6 Å². The lowest BCUT2D eigenvalue weighted by Crippen LogP contribution is -2.53. The van der Waals surface area contributed by atoms with Crippen LogP contribution in [-0.2, 0) is 9.53 Å². The van der Waals surface area contributed by atoms with Gasteiger partial charge in [0.05, 0.1) is 12.5 Å². The molecule has 1 unspecified atom stereocenters. The molecule has 2 aliphatic heterocycles. The molecule has 0 aromatic carbocycles. The van der Waals surface area contributed by atoms with Crippen molar-refractivity contribution in [2.75, 3.05) is 26.3 Å². The van der Waals surface area contributed by atoms with E-state index in [-0.39, 0.29) is 17.4 Å². The quantitative estimate of drug-likeness (QED) is 0.691. The Bertz CT molecular complexity index is 231. The number of carbonyl (C=O) groups excluding carboxylic acids is 1. The summed E-state index contributed by atoms with van der Waals surface area (Å²) in [4.78, 5) is 11.9. The van der Waals surface area contributed by atoms with E-state index in [0.29, 0.717) is 6.61 Å². The predicted molar refractivity (Wildman–Crippen MR) is 57.6 cm³/mol. The van der Waals surface area contributed by atoms with E-state index in [1.54, 1.807) is 0 Å². The maximum Gasteiger partial charge on any atom is 0.225 e. The van der Waals surface area contributed by atoms with E-state index in [4.69, 9.17) is 4.74 Å². The molecule has 4 heteroatoms. The molecule has 0 bridgehead atoms. The zero-order valence-corrected chi connectivity index (χ0v) is 9.34. The number of hydrogen-bond donors (Lipinski definition) is 2. The first-order valence-corrected chi connectivity index (χ1v) is 5.80. The fraction of sp³-hybridized carbons (Fsp3) is 0.909. The van der Waals surface area contributed by atoms with Crippen molar-refractivity contribution < 1.29 is 9.53 Å². The van der Waals surface area contributed by atoms with Crippen LogP contribution in [0.2, 0.25) is 0 Å². The van der Waals surface area contributed by atoms with Crippen molar-refractivity contribution in [3.63, 3.8) is 0 Å². The van der Waals surface area contributed by atoms with Gasteiger partial charge in [0.2, 0.25) is 5.91 Å². The van der Waals surface area contributed by atoms with Crippen LogP contribution in [0.5, 0.6) is 0 Å². The molecule has 15 heavy (non-hydrogen) atoms. The van der Waals surface area contributed by atoms with Gasteiger partial charge < -0.3 is 15.4 Å². The lowest BCUT2D eigenvalue weighted by Gasteiger charge is -2.35. The second-order valence-corrected chi connectivity index (χ2v) is 4.86. The lowest BCUT2D eigenvalue weighted by atomic mass is 9.90. The molecule has 2 aliphatic rings. The van der Waals surface area contributed by atoms with Gasteiger partial charge in [-0.3, -0.25) is 4.79 Å². The second-order valence-electron chi connectivity index (χ2n) is 4.86. The number of piperidine rings is 1. The van der Waals surface area contributed by atoms with Crippen LogP contribution < -0.4 is 10.6 Å². The third-order valence-electron chi connectivity index (χ3n) is 3.43. The first kappa shape index (κ1) is 10.9. The number of nitrogens with one attached hydrogen (secondary N) is 2. The van der Waals surface area contributed by atoms with Crippen molar-refractivity contribution in [3.05, 3.63) is 0 Å². The molecule has 2 N–H and O–H groups in total. The van der Waals surface area contributed by atoms with E-state index in [9.17, 15) is 4.79 Å². The lowest BCUT2D eigenvalue weighted by molar-refractivity contribution is -0.127. The molecule has 0 aliphatic carbocycles. The van der Waals surface area contributed by atoms with Gasteiger partial charge in [-0.2, -0.15) is 0 Å². The molecule has 2 saturated heterocycles. The van der Waals surface area contributed by atoms with E-state index >= 15 is 0 Å². The number of carbonyl (C=O) groups is 1. The summed E-state index contributed by atoms with van der Waals surface area (Å²) < 4.78 is 5.23. The van der Waals surface area contributed by atoms with Crippen LogP contribution >= 0.6 is 0 Å². The van der Waals surface area contributed by atoms with Gasteiger partial charge in [-0.05, 0) is 39.3 Å². The number of amides is 1. The fourth-order valence-corrected chi connectivity index (χ4v) is 2.24. The average Bonchev–Trinajstić information content (AvgIpc) is 2.70. The van der Waals surface area contributed by atoms with Gasteiger partial charge in [0.15, 0.2) is 0 Å². The molecular weight excluding hydrogens is 192 g/mol. The smallest absolute Gasteiger partial charge is 0.225 e. The summed E-state index contributed by atoms with van der Waals surface area (Å²) in [6.45, 7) is 5.47. The Labute approximate surface area is 90.8 Å². The van der Waals surface area contributed by atoms with Crippen molar-refractivity contribution in [2.45, 2.75) is 31.7 Å². The second kappa shape index (κ2) is 4.49. The van der Waals surface area contributed by atoms with Gasteiger partial charge in [0.25, 0.3) is 0 Å². The van der Waals surface area contributed by atoms with Crippen LogP contribution in [0.1, 0.15) is 26.2 Å². The Balaban J connectivity index is 1.86. The zero-order chi connectivity index (χ0) is 10.7. The molecule has 4 nitrogen and oxygen atoms in total. The zero-order valence-electron chi connectivity index (χ0n) is 9.34. The summed E-state index contributed by atoms with van der Waals surface area (Å²) in [6, 6.07) is 0. The highest BCUT2D eigenvalue weighted by Gasteiger charge is 2.32. The molecule has 0 saturated carbocycles.